The molecule has 0 radical (unpaired) electrons. The summed E-state index contributed by atoms with van der Waals surface area (Å²) in [6.45, 7) is -0.159. The number of amides is 1. The van der Waals surface area contributed by atoms with Gasteiger partial charge in [-0.15, -0.1) is 12.4 Å². The number of rotatable bonds is 3. The van der Waals surface area contributed by atoms with E-state index in [9.17, 15) is 18.0 Å². The van der Waals surface area contributed by atoms with Crippen LogP contribution < -0.4 is 11.1 Å². The molecule has 1 aliphatic carbocycles. The number of nitrogens with two attached hydrogens (primary N) is 1. The first-order chi connectivity index (χ1) is 8.33. The molecule has 3 N–H and O–H groups in total. The van der Waals surface area contributed by atoms with Gasteiger partial charge in [-0.05, 0) is 24.5 Å². The molecule has 1 aromatic rings. The molecule has 0 unspecified atom stereocenters. The van der Waals surface area contributed by atoms with Gasteiger partial charge in [0.25, 0.3) is 0 Å². The van der Waals surface area contributed by atoms with E-state index < -0.39 is 17.3 Å². The summed E-state index contributed by atoms with van der Waals surface area (Å²) in [5, 5.41) is 2.45. The third kappa shape index (κ3) is 3.61. The van der Waals surface area contributed by atoms with Gasteiger partial charge in [0.05, 0.1) is 11.1 Å². The Morgan fingerprint density at radius 2 is 1.89 bits per heavy atom. The topological polar surface area (TPSA) is 55.1 Å². The third-order valence-electron chi connectivity index (χ3n) is 3.00. The normalized spacial score (nSPS) is 16.4. The number of hydrogen-bond donors (Lipinski definition) is 2. The molecule has 0 heterocycles. The maximum absolute atomic E-state index is 12.7. The smallest absolute Gasteiger partial charge is 0.350 e. The Kier molecular flexibility index (Phi) is 4.47. The third-order valence-corrected chi connectivity index (χ3v) is 3.00. The molecule has 0 spiro atoms. The van der Waals surface area contributed by atoms with Gasteiger partial charge in [0.1, 0.15) is 0 Å². The predicted octanol–water partition coefficient (Wildman–Crippen LogP) is 2.23. The summed E-state index contributed by atoms with van der Waals surface area (Å²) in [4.78, 5) is 11.5. The molecule has 0 atom stereocenters. The first kappa shape index (κ1) is 15.8. The number of hydrogen-bond acceptors (Lipinski definition) is 2. The van der Waals surface area contributed by atoms with Crippen molar-refractivity contribution in [3.8, 4) is 0 Å². The summed E-state index contributed by atoms with van der Waals surface area (Å²) in [5.74, 6) is -0.389. The van der Waals surface area contributed by atoms with Gasteiger partial charge >= 0.3 is 6.18 Å². The number of nitrogens with one attached hydrogen (secondary N) is 1. The number of benzene rings is 1. The largest absolute Gasteiger partial charge is 0.416 e. The fraction of sp³-hybridized carbons (Fsp3) is 0.417. The number of halogens is 4. The van der Waals surface area contributed by atoms with E-state index in [0.717, 1.165) is 6.07 Å². The van der Waals surface area contributed by atoms with Crippen molar-refractivity contribution in [1.29, 1.82) is 0 Å². The van der Waals surface area contributed by atoms with Gasteiger partial charge in [-0.1, -0.05) is 18.2 Å². The minimum atomic E-state index is -4.42. The molecule has 1 amide bonds. The highest BCUT2D eigenvalue weighted by atomic mass is 35.5. The summed E-state index contributed by atoms with van der Waals surface area (Å²) in [5.41, 5.74) is 4.09. The second-order valence-corrected chi connectivity index (χ2v) is 4.49. The Hall–Kier alpha value is -1.27. The molecule has 1 fully saturated rings. The average Bonchev–Trinajstić information content (AvgIpc) is 3.05. The molecule has 19 heavy (non-hydrogen) atoms. The molecule has 1 saturated carbocycles. The van der Waals surface area contributed by atoms with Crippen molar-refractivity contribution >= 4 is 18.3 Å². The van der Waals surface area contributed by atoms with E-state index in [1.807, 2.05) is 0 Å². The van der Waals surface area contributed by atoms with Crippen LogP contribution >= 0.6 is 12.4 Å². The zero-order valence-electron chi connectivity index (χ0n) is 9.96. The van der Waals surface area contributed by atoms with Crippen LogP contribution in [-0.2, 0) is 17.5 Å². The fourth-order valence-corrected chi connectivity index (χ4v) is 1.66. The van der Waals surface area contributed by atoms with Crippen LogP contribution in [0.15, 0.2) is 24.3 Å². The Balaban J connectivity index is 0.00000180. The summed E-state index contributed by atoms with van der Waals surface area (Å²) >= 11 is 0. The van der Waals surface area contributed by atoms with Crippen molar-refractivity contribution in [1.82, 2.24) is 5.32 Å². The van der Waals surface area contributed by atoms with E-state index in [-0.39, 0.29) is 30.4 Å². The molecule has 0 aromatic heterocycles. The number of carbonyl (C=O) groups excluding carboxylic acids is 1. The zero-order chi connectivity index (χ0) is 13.4. The fourth-order valence-electron chi connectivity index (χ4n) is 1.66. The first-order valence-corrected chi connectivity index (χ1v) is 5.55. The van der Waals surface area contributed by atoms with E-state index in [1.54, 1.807) is 0 Å². The van der Waals surface area contributed by atoms with Crippen LogP contribution in [-0.4, -0.2) is 11.4 Å². The number of carbonyl (C=O) groups is 1. The summed E-state index contributed by atoms with van der Waals surface area (Å²) in [7, 11) is 0. The minimum absolute atomic E-state index is 0. The highest BCUT2D eigenvalue weighted by Crippen LogP contribution is 2.33. The molecule has 7 heteroatoms. The van der Waals surface area contributed by atoms with E-state index in [1.165, 1.54) is 18.2 Å². The van der Waals surface area contributed by atoms with E-state index >= 15 is 0 Å². The first-order valence-electron chi connectivity index (χ1n) is 5.55. The van der Waals surface area contributed by atoms with Gasteiger partial charge in [-0.3, -0.25) is 4.79 Å². The molecule has 2 rings (SSSR count). The summed E-state index contributed by atoms with van der Waals surface area (Å²) < 4.78 is 38.0. The summed E-state index contributed by atoms with van der Waals surface area (Å²) in [6.07, 6.45) is -3.25. The van der Waals surface area contributed by atoms with E-state index in [2.05, 4.69) is 5.32 Å². The minimum Gasteiger partial charge on any atom is -0.350 e. The second kappa shape index (κ2) is 5.38. The molecule has 0 bridgehead atoms. The van der Waals surface area contributed by atoms with Crippen molar-refractivity contribution in [2.24, 2.45) is 5.73 Å². The standard InChI is InChI=1S/C12H13F3N2O.ClH/c13-12(14,15)9-4-2-1-3-8(9)7-17-10(18)11(16)5-6-11;/h1-4H,5-7,16H2,(H,17,18);1H. The molecule has 106 valence electrons. The van der Waals surface area contributed by atoms with Crippen LogP contribution in [0.3, 0.4) is 0 Å². The highest BCUT2D eigenvalue weighted by molar-refractivity contribution is 5.88. The van der Waals surface area contributed by atoms with Gasteiger partial charge in [0, 0.05) is 6.54 Å². The van der Waals surface area contributed by atoms with Crippen molar-refractivity contribution < 1.29 is 18.0 Å². The Bertz CT molecular complexity index is 472. The molecule has 0 saturated heterocycles. The SMILES string of the molecule is Cl.NC1(C(=O)NCc2ccccc2C(F)(F)F)CC1. The lowest BCUT2D eigenvalue weighted by Gasteiger charge is -2.14. The number of alkyl halides is 3. The van der Waals surface area contributed by atoms with Crippen LogP contribution in [0.25, 0.3) is 0 Å². The van der Waals surface area contributed by atoms with E-state index in [4.69, 9.17) is 5.73 Å². The molecule has 3 nitrogen and oxygen atoms in total. The maximum atomic E-state index is 12.7. The molecular weight excluding hydrogens is 281 g/mol. The van der Waals surface area contributed by atoms with Gasteiger partial charge in [0.2, 0.25) is 5.91 Å². The van der Waals surface area contributed by atoms with Crippen molar-refractivity contribution in [3.63, 3.8) is 0 Å². The van der Waals surface area contributed by atoms with Gasteiger partial charge in [-0.2, -0.15) is 13.2 Å². The Labute approximate surface area is 114 Å². The average molecular weight is 295 g/mol. The van der Waals surface area contributed by atoms with E-state index in [0.29, 0.717) is 12.8 Å². The van der Waals surface area contributed by atoms with Crippen LogP contribution in [0.1, 0.15) is 24.0 Å². The molecular formula is C12H14ClF3N2O. The Morgan fingerprint density at radius 1 is 1.32 bits per heavy atom. The lowest BCUT2D eigenvalue weighted by molar-refractivity contribution is -0.138. The lowest BCUT2D eigenvalue weighted by atomic mass is 10.1. The maximum Gasteiger partial charge on any atom is 0.416 e. The van der Waals surface area contributed by atoms with Crippen LogP contribution in [0.2, 0.25) is 0 Å². The predicted molar refractivity (Wildman–Crippen MR) is 66.7 cm³/mol. The molecule has 1 aliphatic rings. The van der Waals surface area contributed by atoms with Crippen LogP contribution in [0.4, 0.5) is 13.2 Å². The van der Waals surface area contributed by atoms with Gasteiger partial charge in [0.15, 0.2) is 0 Å². The van der Waals surface area contributed by atoms with Gasteiger partial charge in [-0.25, -0.2) is 0 Å². The molecule has 1 aromatic carbocycles. The van der Waals surface area contributed by atoms with Crippen LogP contribution in [0, 0.1) is 0 Å². The summed E-state index contributed by atoms with van der Waals surface area (Å²) in [6, 6.07) is 5.17. The lowest BCUT2D eigenvalue weighted by Crippen LogP contribution is -2.42. The highest BCUT2D eigenvalue weighted by Gasteiger charge is 2.45. The van der Waals surface area contributed by atoms with Gasteiger partial charge < -0.3 is 11.1 Å². The Morgan fingerprint density at radius 3 is 2.42 bits per heavy atom. The zero-order valence-corrected chi connectivity index (χ0v) is 10.8. The second-order valence-electron chi connectivity index (χ2n) is 4.49. The molecule has 0 aliphatic heterocycles. The van der Waals surface area contributed by atoms with Crippen molar-refractivity contribution in [2.75, 3.05) is 0 Å². The van der Waals surface area contributed by atoms with Crippen molar-refractivity contribution in [3.05, 3.63) is 35.4 Å². The van der Waals surface area contributed by atoms with Crippen LogP contribution in [0.5, 0.6) is 0 Å². The van der Waals surface area contributed by atoms with Crippen molar-refractivity contribution in [2.45, 2.75) is 31.1 Å². The quantitative estimate of drug-likeness (QED) is 0.898. The monoisotopic (exact) mass is 294 g/mol.